The summed E-state index contributed by atoms with van der Waals surface area (Å²) in [6.45, 7) is 11.4. The molecule has 0 saturated heterocycles. The van der Waals surface area contributed by atoms with E-state index in [0.717, 1.165) is 0 Å². The maximum Gasteiger partial charge on any atom is 0.577 e. The van der Waals surface area contributed by atoms with E-state index in [1.165, 1.54) is 5.56 Å². The Bertz CT molecular complexity index is 276. The van der Waals surface area contributed by atoms with Crippen molar-refractivity contribution in [1.82, 2.24) is 0 Å². The van der Waals surface area contributed by atoms with Crippen LogP contribution in [-0.2, 0) is 13.3 Å². The Labute approximate surface area is 112 Å². The van der Waals surface area contributed by atoms with Crippen molar-refractivity contribution in [2.24, 2.45) is 0 Å². The second-order valence-electron chi connectivity index (χ2n) is 3.16. The molecule has 1 aromatic rings. The van der Waals surface area contributed by atoms with E-state index in [0.29, 0.717) is 19.8 Å². The van der Waals surface area contributed by atoms with Crippen LogP contribution < -0.4 is 0 Å². The minimum atomic E-state index is -1.40. The van der Waals surface area contributed by atoms with Crippen LogP contribution in [-0.4, -0.2) is 29.3 Å². The van der Waals surface area contributed by atoms with Crippen LogP contribution >= 0.6 is 0 Å². The normalized spacial score (nSPS) is 9.78. The van der Waals surface area contributed by atoms with Crippen LogP contribution in [0.3, 0.4) is 0 Å². The van der Waals surface area contributed by atoms with Crippen molar-refractivity contribution in [2.75, 3.05) is 19.8 Å². The Morgan fingerprint density at radius 2 is 1.39 bits per heavy atom. The highest BCUT2D eigenvalue weighted by atomic mass is 28.3. The van der Waals surface area contributed by atoms with Crippen molar-refractivity contribution >= 4 is 15.6 Å². The Hall–Kier alpha value is -0.943. The van der Waals surface area contributed by atoms with Crippen LogP contribution in [0, 0.1) is 0 Å². The predicted octanol–water partition coefficient (Wildman–Crippen LogP) is 3.41. The van der Waals surface area contributed by atoms with Gasteiger partial charge >= 0.3 is 9.53 Å². The molecule has 0 fully saturated rings. The number of rotatable bonds is 7. The largest absolute Gasteiger partial charge is 0.577 e. The van der Waals surface area contributed by atoms with Crippen molar-refractivity contribution in [3.8, 4) is 0 Å². The Kier molecular flexibility index (Phi) is 11.9. The van der Waals surface area contributed by atoms with Gasteiger partial charge in [-0.1, -0.05) is 43.0 Å². The quantitative estimate of drug-likeness (QED) is 0.709. The zero-order valence-electron chi connectivity index (χ0n) is 11.5. The molecule has 0 N–H and O–H groups in total. The van der Waals surface area contributed by atoms with E-state index in [1.807, 2.05) is 57.2 Å². The summed E-state index contributed by atoms with van der Waals surface area (Å²) in [7, 11) is -1.40. The van der Waals surface area contributed by atoms with Crippen molar-refractivity contribution in [2.45, 2.75) is 20.8 Å². The minimum Gasteiger partial charge on any atom is -0.371 e. The van der Waals surface area contributed by atoms with Gasteiger partial charge in [-0.15, -0.1) is 0 Å². The average molecular weight is 267 g/mol. The summed E-state index contributed by atoms with van der Waals surface area (Å²) < 4.78 is 15.5. The first kappa shape index (κ1) is 17.1. The van der Waals surface area contributed by atoms with Gasteiger partial charge in [-0.05, 0) is 26.3 Å². The molecule has 1 rings (SSSR count). The topological polar surface area (TPSA) is 27.7 Å². The number of hydrogen-bond acceptors (Lipinski definition) is 3. The van der Waals surface area contributed by atoms with Crippen molar-refractivity contribution in [3.05, 3.63) is 42.5 Å². The monoisotopic (exact) mass is 267 g/mol. The van der Waals surface area contributed by atoms with Gasteiger partial charge in [-0.2, -0.15) is 0 Å². The summed E-state index contributed by atoms with van der Waals surface area (Å²) in [4.78, 5) is 0. The Balaban J connectivity index is 0.000000327. The van der Waals surface area contributed by atoms with Crippen LogP contribution in [0.5, 0.6) is 0 Å². The molecule has 0 amide bonds. The summed E-state index contributed by atoms with van der Waals surface area (Å²) in [5.41, 5.74) is 1.17. The zero-order chi connectivity index (χ0) is 13.6. The van der Waals surface area contributed by atoms with Gasteiger partial charge in [0.05, 0.1) is 0 Å². The second kappa shape index (κ2) is 12.5. The van der Waals surface area contributed by atoms with Crippen LogP contribution in [0.2, 0.25) is 0 Å². The van der Waals surface area contributed by atoms with Crippen LogP contribution in [0.1, 0.15) is 26.3 Å². The first-order chi connectivity index (χ1) is 8.78. The fourth-order valence-corrected chi connectivity index (χ4v) is 2.02. The first-order valence-corrected chi connectivity index (χ1v) is 7.43. The highest BCUT2D eigenvalue weighted by molar-refractivity contribution is 6.36. The lowest BCUT2D eigenvalue weighted by molar-refractivity contribution is 0.107. The minimum absolute atomic E-state index is 0.661. The fourth-order valence-electron chi connectivity index (χ4n) is 1.07. The maximum absolute atomic E-state index is 5.18. The standard InChI is InChI=1S/C8H8.C6H15O3Si/c1-2-8-6-4-3-5-7-8;1-4-7-10(8-5-2)9-6-3/h2-7H,1H2;4-6H2,1-3H3. The van der Waals surface area contributed by atoms with Gasteiger partial charge in [0.15, 0.2) is 0 Å². The van der Waals surface area contributed by atoms with E-state index >= 15 is 0 Å². The molecule has 101 valence electrons. The van der Waals surface area contributed by atoms with Crippen molar-refractivity contribution < 1.29 is 13.3 Å². The summed E-state index contributed by atoms with van der Waals surface area (Å²) in [6, 6.07) is 10.0. The van der Waals surface area contributed by atoms with Crippen molar-refractivity contribution in [1.29, 1.82) is 0 Å². The molecule has 0 unspecified atom stereocenters. The molecule has 18 heavy (non-hydrogen) atoms. The molecular weight excluding hydrogens is 244 g/mol. The van der Waals surface area contributed by atoms with E-state index in [2.05, 4.69) is 6.58 Å². The smallest absolute Gasteiger partial charge is 0.371 e. The third-order valence-corrected chi connectivity index (χ3v) is 3.39. The molecule has 0 aromatic heterocycles. The molecule has 0 saturated carbocycles. The summed E-state index contributed by atoms with van der Waals surface area (Å²) in [5.74, 6) is 0. The Morgan fingerprint density at radius 1 is 0.944 bits per heavy atom. The van der Waals surface area contributed by atoms with Crippen LogP contribution in [0.4, 0.5) is 0 Å². The molecule has 0 spiro atoms. The predicted molar refractivity (Wildman–Crippen MR) is 77.2 cm³/mol. The van der Waals surface area contributed by atoms with E-state index in [1.54, 1.807) is 0 Å². The van der Waals surface area contributed by atoms with Crippen LogP contribution in [0.15, 0.2) is 36.9 Å². The molecule has 1 radical (unpaired) electrons. The fraction of sp³-hybridized carbons (Fsp3) is 0.429. The lowest BCUT2D eigenvalue weighted by atomic mass is 10.2. The first-order valence-electron chi connectivity index (χ1n) is 6.21. The molecule has 3 nitrogen and oxygen atoms in total. The van der Waals surface area contributed by atoms with Gasteiger partial charge in [0.25, 0.3) is 0 Å². The van der Waals surface area contributed by atoms with Gasteiger partial charge in [-0.25, -0.2) is 0 Å². The number of benzene rings is 1. The maximum atomic E-state index is 5.18. The molecule has 4 heteroatoms. The molecule has 0 aliphatic heterocycles. The summed E-state index contributed by atoms with van der Waals surface area (Å²) in [5, 5.41) is 0. The highest BCUT2D eigenvalue weighted by Crippen LogP contribution is 1.97. The van der Waals surface area contributed by atoms with Gasteiger partial charge < -0.3 is 13.3 Å². The molecular formula is C14H23O3Si. The van der Waals surface area contributed by atoms with E-state index in [-0.39, 0.29) is 0 Å². The third kappa shape index (κ3) is 9.12. The lowest BCUT2D eigenvalue weighted by Crippen LogP contribution is -2.27. The molecule has 0 atom stereocenters. The molecule has 0 aliphatic rings. The van der Waals surface area contributed by atoms with Gasteiger partial charge in [0.2, 0.25) is 0 Å². The summed E-state index contributed by atoms with van der Waals surface area (Å²) in [6.07, 6.45) is 1.83. The third-order valence-electron chi connectivity index (χ3n) is 1.82. The zero-order valence-corrected chi connectivity index (χ0v) is 12.5. The lowest BCUT2D eigenvalue weighted by Gasteiger charge is -2.10. The van der Waals surface area contributed by atoms with Gasteiger partial charge in [0.1, 0.15) is 0 Å². The van der Waals surface area contributed by atoms with Gasteiger partial charge in [-0.3, -0.25) is 0 Å². The number of hydrogen-bond donors (Lipinski definition) is 0. The van der Waals surface area contributed by atoms with E-state index in [9.17, 15) is 0 Å². The molecule has 0 aliphatic carbocycles. The van der Waals surface area contributed by atoms with Crippen molar-refractivity contribution in [3.63, 3.8) is 0 Å². The second-order valence-corrected chi connectivity index (χ2v) is 4.53. The van der Waals surface area contributed by atoms with E-state index in [4.69, 9.17) is 13.3 Å². The van der Waals surface area contributed by atoms with E-state index < -0.39 is 9.53 Å². The molecule has 0 heterocycles. The molecule has 1 aromatic carbocycles. The highest BCUT2D eigenvalue weighted by Gasteiger charge is 2.15. The molecule has 0 bridgehead atoms. The van der Waals surface area contributed by atoms with Gasteiger partial charge in [0, 0.05) is 19.8 Å². The van der Waals surface area contributed by atoms with Crippen LogP contribution in [0.25, 0.3) is 6.08 Å². The SMILES string of the molecule is C=Cc1ccccc1.CCO[Si](OCC)OCC. The summed E-state index contributed by atoms with van der Waals surface area (Å²) >= 11 is 0. The average Bonchev–Trinajstić information content (AvgIpc) is 2.41. The Morgan fingerprint density at radius 3 is 1.67 bits per heavy atom.